The lowest BCUT2D eigenvalue weighted by atomic mass is 9.62. The van der Waals surface area contributed by atoms with Gasteiger partial charge >= 0.3 is 6.92 Å². The van der Waals surface area contributed by atoms with Crippen LogP contribution in [-0.4, -0.2) is 6.92 Å². The van der Waals surface area contributed by atoms with E-state index in [-0.39, 0.29) is 0 Å². The van der Waals surface area contributed by atoms with E-state index in [1.165, 1.54) is 63.5 Å². The van der Waals surface area contributed by atoms with Crippen LogP contribution in [0.15, 0.2) is 11.8 Å². The smallest absolute Gasteiger partial charge is 0.356 e. The number of allylic oxidation sites excluding steroid dienone is 2. The molecule has 0 heterocycles. The Kier molecular flexibility index (Phi) is 9.15. The van der Waals surface area contributed by atoms with Gasteiger partial charge in [-0.25, -0.2) is 0 Å². The third-order valence-corrected chi connectivity index (χ3v) is 3.98. The number of hydrogen-bond donors (Lipinski definition) is 0. The fraction of sp³-hybridized carbons (Fsp3) is 0.875. The van der Waals surface area contributed by atoms with E-state index in [9.17, 15) is 0 Å². The first kappa shape index (κ1) is 15.7. The van der Waals surface area contributed by atoms with Crippen LogP contribution in [0.2, 0.25) is 12.6 Å². The van der Waals surface area contributed by atoms with Crippen LogP contribution >= 0.6 is 0 Å². The van der Waals surface area contributed by atoms with E-state index < -0.39 is 0 Å². The molecule has 0 aromatic heterocycles. The maximum absolute atomic E-state index is 6.15. The molecular formula is C16H31BO. The van der Waals surface area contributed by atoms with Crippen molar-refractivity contribution in [3.8, 4) is 0 Å². The summed E-state index contributed by atoms with van der Waals surface area (Å²) in [6.07, 6.45) is 18.2. The highest BCUT2D eigenvalue weighted by Gasteiger charge is 2.13. The molecule has 0 aliphatic heterocycles. The molecule has 0 amide bonds. The molecule has 0 fully saturated rings. The lowest BCUT2D eigenvalue weighted by molar-refractivity contribution is 0.393. The standard InChI is InChI=1S/C16H31BO/c1-3-17(4-2)18-16-14-12-10-8-6-5-7-9-11-13-15-16/h14H,3-13,15H2,1-2H3/b16-14-. The molecule has 1 nitrogen and oxygen atoms in total. The van der Waals surface area contributed by atoms with Crippen LogP contribution in [0.5, 0.6) is 0 Å². The molecule has 0 unspecified atom stereocenters. The van der Waals surface area contributed by atoms with Gasteiger partial charge in [0.1, 0.15) is 0 Å². The van der Waals surface area contributed by atoms with Gasteiger partial charge in [0.05, 0.1) is 5.76 Å². The average Bonchev–Trinajstić information content (AvgIpc) is 2.38. The summed E-state index contributed by atoms with van der Waals surface area (Å²) in [5.74, 6) is 1.28. The summed E-state index contributed by atoms with van der Waals surface area (Å²) in [6.45, 7) is 4.89. The third-order valence-electron chi connectivity index (χ3n) is 3.98. The Morgan fingerprint density at radius 3 is 2.06 bits per heavy atom. The van der Waals surface area contributed by atoms with Crippen molar-refractivity contribution in [1.82, 2.24) is 0 Å². The van der Waals surface area contributed by atoms with Gasteiger partial charge in [-0.3, -0.25) is 0 Å². The van der Waals surface area contributed by atoms with E-state index in [0.29, 0.717) is 6.92 Å². The molecule has 0 saturated heterocycles. The fourth-order valence-corrected chi connectivity index (χ4v) is 2.65. The summed E-state index contributed by atoms with van der Waals surface area (Å²) in [6, 6.07) is 0. The van der Waals surface area contributed by atoms with Gasteiger partial charge in [0.2, 0.25) is 0 Å². The van der Waals surface area contributed by atoms with Crippen molar-refractivity contribution in [2.75, 3.05) is 0 Å². The largest absolute Gasteiger partial charge is 0.564 e. The molecule has 0 atom stereocenters. The second kappa shape index (κ2) is 10.5. The predicted molar refractivity (Wildman–Crippen MR) is 82.1 cm³/mol. The van der Waals surface area contributed by atoms with Gasteiger partial charge in [-0.2, -0.15) is 0 Å². The van der Waals surface area contributed by atoms with Crippen LogP contribution in [0.1, 0.15) is 78.1 Å². The molecule has 0 saturated carbocycles. The monoisotopic (exact) mass is 250 g/mol. The van der Waals surface area contributed by atoms with E-state index >= 15 is 0 Å². The Morgan fingerprint density at radius 1 is 0.889 bits per heavy atom. The van der Waals surface area contributed by atoms with E-state index in [1.54, 1.807) is 0 Å². The zero-order valence-electron chi connectivity index (χ0n) is 12.5. The second-order valence-corrected chi connectivity index (χ2v) is 5.59. The van der Waals surface area contributed by atoms with Crippen LogP contribution in [0.25, 0.3) is 0 Å². The first-order chi connectivity index (χ1) is 8.86. The highest BCUT2D eigenvalue weighted by Crippen LogP contribution is 2.19. The minimum absolute atomic E-state index is 0.434. The maximum atomic E-state index is 6.15. The lowest BCUT2D eigenvalue weighted by Crippen LogP contribution is -2.15. The highest BCUT2D eigenvalue weighted by molar-refractivity contribution is 6.51. The quantitative estimate of drug-likeness (QED) is 0.570. The normalized spacial score (nSPS) is 22.2. The average molecular weight is 250 g/mol. The van der Waals surface area contributed by atoms with Crippen molar-refractivity contribution in [3.05, 3.63) is 11.8 Å². The third kappa shape index (κ3) is 7.13. The molecule has 0 N–H and O–H groups in total. The van der Waals surface area contributed by atoms with E-state index in [2.05, 4.69) is 19.9 Å². The summed E-state index contributed by atoms with van der Waals surface area (Å²) >= 11 is 0. The predicted octanol–water partition coefficient (Wildman–Crippen LogP) is 5.83. The van der Waals surface area contributed by atoms with Gasteiger partial charge in [-0.05, 0) is 38.0 Å². The Hall–Kier alpha value is -0.395. The summed E-state index contributed by atoms with van der Waals surface area (Å²) in [4.78, 5) is 0. The Morgan fingerprint density at radius 2 is 1.44 bits per heavy atom. The van der Waals surface area contributed by atoms with Gasteiger partial charge in [-0.1, -0.05) is 52.4 Å². The van der Waals surface area contributed by atoms with Crippen molar-refractivity contribution in [1.29, 1.82) is 0 Å². The molecule has 1 aliphatic carbocycles. The lowest BCUT2D eigenvalue weighted by Gasteiger charge is -2.17. The van der Waals surface area contributed by atoms with Crippen molar-refractivity contribution < 1.29 is 4.65 Å². The summed E-state index contributed by atoms with van der Waals surface area (Å²) in [5, 5.41) is 0. The highest BCUT2D eigenvalue weighted by atomic mass is 16.4. The molecular weight excluding hydrogens is 219 g/mol. The van der Waals surface area contributed by atoms with Crippen LogP contribution in [0.4, 0.5) is 0 Å². The summed E-state index contributed by atoms with van der Waals surface area (Å²) < 4.78 is 6.15. The van der Waals surface area contributed by atoms with Crippen molar-refractivity contribution in [3.63, 3.8) is 0 Å². The zero-order valence-corrected chi connectivity index (χ0v) is 12.5. The topological polar surface area (TPSA) is 9.23 Å². The maximum Gasteiger partial charge on any atom is 0.356 e. The first-order valence-corrected chi connectivity index (χ1v) is 8.22. The minimum atomic E-state index is 0.434. The Bertz CT molecular complexity index is 221. The van der Waals surface area contributed by atoms with Crippen molar-refractivity contribution in [2.24, 2.45) is 0 Å². The van der Waals surface area contributed by atoms with Crippen LogP contribution in [-0.2, 0) is 4.65 Å². The first-order valence-electron chi connectivity index (χ1n) is 8.22. The Labute approximate surface area is 114 Å². The van der Waals surface area contributed by atoms with Gasteiger partial charge in [0.25, 0.3) is 0 Å². The molecule has 0 aromatic carbocycles. The molecule has 0 radical (unpaired) electrons. The van der Waals surface area contributed by atoms with E-state index in [1.807, 2.05) is 0 Å². The Balaban J connectivity index is 2.42. The summed E-state index contributed by atoms with van der Waals surface area (Å²) in [5.41, 5.74) is 0. The summed E-state index contributed by atoms with van der Waals surface area (Å²) in [7, 11) is 0. The minimum Gasteiger partial charge on any atom is -0.564 e. The molecule has 104 valence electrons. The van der Waals surface area contributed by atoms with E-state index in [0.717, 1.165) is 19.1 Å². The molecule has 18 heavy (non-hydrogen) atoms. The molecule has 1 aliphatic rings. The fourth-order valence-electron chi connectivity index (χ4n) is 2.65. The molecule has 0 spiro atoms. The zero-order chi connectivity index (χ0) is 13.1. The van der Waals surface area contributed by atoms with Gasteiger partial charge < -0.3 is 4.65 Å². The van der Waals surface area contributed by atoms with Gasteiger partial charge in [0.15, 0.2) is 0 Å². The number of hydrogen-bond acceptors (Lipinski definition) is 1. The second-order valence-electron chi connectivity index (χ2n) is 5.59. The van der Waals surface area contributed by atoms with Crippen LogP contribution in [0.3, 0.4) is 0 Å². The van der Waals surface area contributed by atoms with E-state index in [4.69, 9.17) is 4.65 Å². The van der Waals surface area contributed by atoms with Crippen LogP contribution in [0, 0.1) is 0 Å². The van der Waals surface area contributed by atoms with Crippen LogP contribution < -0.4 is 0 Å². The number of rotatable bonds is 4. The van der Waals surface area contributed by atoms with Crippen molar-refractivity contribution >= 4 is 6.92 Å². The molecule has 0 bridgehead atoms. The van der Waals surface area contributed by atoms with Crippen molar-refractivity contribution in [2.45, 2.75) is 90.7 Å². The molecule has 0 aromatic rings. The SMILES string of the molecule is CCB(CC)O/C1=C\CCCCCCCCCC1. The molecule has 2 heteroatoms. The molecule has 1 rings (SSSR count). The van der Waals surface area contributed by atoms with Gasteiger partial charge in [-0.15, -0.1) is 0 Å². The van der Waals surface area contributed by atoms with Gasteiger partial charge in [0, 0.05) is 6.42 Å².